The number of carbonyl (C=O) groups is 1. The topological polar surface area (TPSA) is 68.3 Å². The number of amides is 1. The summed E-state index contributed by atoms with van der Waals surface area (Å²) in [6.07, 6.45) is 0. The van der Waals surface area contributed by atoms with Crippen LogP contribution in [0.2, 0.25) is 0 Å². The van der Waals surface area contributed by atoms with Crippen molar-refractivity contribution < 1.29 is 9.21 Å². The van der Waals surface area contributed by atoms with E-state index in [0.717, 1.165) is 11.0 Å². The molecule has 0 bridgehead atoms. The number of carbonyl (C=O) groups excluding carboxylic acids is 1. The molecule has 0 saturated heterocycles. The Bertz CT molecular complexity index is 600. The van der Waals surface area contributed by atoms with Gasteiger partial charge in [0, 0.05) is 11.9 Å². The SMILES string of the molecule is CC(C(=O)NC(C)(CN)C(C)C)c1cc2ccccc2o1. The molecule has 3 N–H and O–H groups in total. The van der Waals surface area contributed by atoms with Crippen molar-refractivity contribution in [2.24, 2.45) is 11.7 Å². The molecule has 0 radical (unpaired) electrons. The van der Waals surface area contributed by atoms with Gasteiger partial charge in [-0.2, -0.15) is 0 Å². The third-order valence-electron chi connectivity index (χ3n) is 4.37. The Labute approximate surface area is 125 Å². The van der Waals surface area contributed by atoms with Crippen molar-refractivity contribution in [2.45, 2.75) is 39.2 Å². The van der Waals surface area contributed by atoms with Gasteiger partial charge in [0.25, 0.3) is 0 Å². The minimum atomic E-state index is -0.405. The van der Waals surface area contributed by atoms with E-state index < -0.39 is 5.54 Å². The second-order valence-electron chi connectivity index (χ2n) is 6.17. The summed E-state index contributed by atoms with van der Waals surface area (Å²) in [6, 6.07) is 9.68. The molecule has 0 saturated carbocycles. The van der Waals surface area contributed by atoms with Crippen molar-refractivity contribution in [3.63, 3.8) is 0 Å². The fraction of sp³-hybridized carbons (Fsp3) is 0.471. The zero-order valence-electron chi connectivity index (χ0n) is 13.1. The van der Waals surface area contributed by atoms with Gasteiger partial charge in [0.1, 0.15) is 11.3 Å². The largest absolute Gasteiger partial charge is 0.460 e. The van der Waals surface area contributed by atoms with E-state index in [1.54, 1.807) is 0 Å². The molecule has 0 fully saturated rings. The molecule has 21 heavy (non-hydrogen) atoms. The van der Waals surface area contributed by atoms with E-state index in [1.807, 2.05) is 44.2 Å². The molecule has 1 aromatic carbocycles. The summed E-state index contributed by atoms with van der Waals surface area (Å²) in [7, 11) is 0. The van der Waals surface area contributed by atoms with E-state index >= 15 is 0 Å². The second-order valence-corrected chi connectivity index (χ2v) is 6.17. The Kier molecular flexibility index (Phi) is 4.37. The molecule has 2 aromatic rings. The number of hydrogen-bond donors (Lipinski definition) is 2. The maximum Gasteiger partial charge on any atom is 0.230 e. The molecular formula is C17H24N2O2. The molecule has 2 unspecified atom stereocenters. The average molecular weight is 288 g/mol. The van der Waals surface area contributed by atoms with Crippen LogP contribution in [0.3, 0.4) is 0 Å². The van der Waals surface area contributed by atoms with Crippen molar-refractivity contribution in [3.05, 3.63) is 36.1 Å². The molecule has 2 atom stereocenters. The summed E-state index contributed by atoms with van der Waals surface area (Å²) in [5, 5.41) is 4.07. The monoisotopic (exact) mass is 288 g/mol. The lowest BCUT2D eigenvalue weighted by Gasteiger charge is -2.34. The van der Waals surface area contributed by atoms with Gasteiger partial charge < -0.3 is 15.5 Å². The maximum absolute atomic E-state index is 12.5. The van der Waals surface area contributed by atoms with Gasteiger partial charge >= 0.3 is 0 Å². The van der Waals surface area contributed by atoms with Crippen molar-refractivity contribution in [2.75, 3.05) is 6.54 Å². The fourth-order valence-corrected chi connectivity index (χ4v) is 2.17. The average Bonchev–Trinajstić information content (AvgIpc) is 2.89. The van der Waals surface area contributed by atoms with Gasteiger partial charge in [-0.05, 0) is 31.9 Å². The predicted octanol–water partition coefficient (Wildman–Crippen LogP) is 3.03. The van der Waals surface area contributed by atoms with Gasteiger partial charge in [-0.3, -0.25) is 4.79 Å². The van der Waals surface area contributed by atoms with E-state index in [9.17, 15) is 4.79 Å². The highest BCUT2D eigenvalue weighted by Crippen LogP contribution is 2.26. The first-order valence-electron chi connectivity index (χ1n) is 7.38. The highest BCUT2D eigenvalue weighted by molar-refractivity contribution is 5.85. The first kappa shape index (κ1) is 15.6. The van der Waals surface area contributed by atoms with E-state index in [2.05, 4.69) is 19.2 Å². The van der Waals surface area contributed by atoms with Crippen LogP contribution < -0.4 is 11.1 Å². The van der Waals surface area contributed by atoms with Crippen LogP contribution in [0.15, 0.2) is 34.7 Å². The minimum Gasteiger partial charge on any atom is -0.460 e. The van der Waals surface area contributed by atoms with Crippen LogP contribution in [0.4, 0.5) is 0 Å². The molecule has 1 heterocycles. The predicted molar refractivity (Wildman–Crippen MR) is 85.1 cm³/mol. The van der Waals surface area contributed by atoms with Crippen molar-refractivity contribution in [3.8, 4) is 0 Å². The van der Waals surface area contributed by atoms with Crippen LogP contribution >= 0.6 is 0 Å². The van der Waals surface area contributed by atoms with Crippen molar-refractivity contribution >= 4 is 16.9 Å². The first-order chi connectivity index (χ1) is 9.87. The zero-order chi connectivity index (χ0) is 15.6. The van der Waals surface area contributed by atoms with Gasteiger partial charge in [-0.15, -0.1) is 0 Å². The lowest BCUT2D eigenvalue weighted by molar-refractivity contribution is -0.124. The molecule has 1 aromatic heterocycles. The molecule has 1 amide bonds. The Morgan fingerprint density at radius 3 is 2.57 bits per heavy atom. The van der Waals surface area contributed by atoms with E-state index in [-0.39, 0.29) is 17.7 Å². The Morgan fingerprint density at radius 2 is 2.00 bits per heavy atom. The molecule has 0 spiro atoms. The van der Waals surface area contributed by atoms with Gasteiger partial charge in [-0.25, -0.2) is 0 Å². The quantitative estimate of drug-likeness (QED) is 0.888. The molecule has 4 heteroatoms. The van der Waals surface area contributed by atoms with Crippen LogP contribution in [-0.4, -0.2) is 18.0 Å². The number of nitrogens with two attached hydrogens (primary N) is 1. The summed E-state index contributed by atoms with van der Waals surface area (Å²) in [5.41, 5.74) is 6.22. The standard InChI is InChI=1S/C17H24N2O2/c1-11(2)17(4,10-18)19-16(20)12(3)15-9-13-7-5-6-8-14(13)21-15/h5-9,11-12H,10,18H2,1-4H3,(H,19,20). The van der Waals surface area contributed by atoms with Gasteiger partial charge in [0.2, 0.25) is 5.91 Å². The number of para-hydroxylation sites is 1. The molecule has 4 nitrogen and oxygen atoms in total. The third kappa shape index (κ3) is 3.10. The highest BCUT2D eigenvalue weighted by atomic mass is 16.3. The zero-order valence-corrected chi connectivity index (χ0v) is 13.1. The normalized spacial score (nSPS) is 15.9. The summed E-state index contributed by atoms with van der Waals surface area (Å²) < 4.78 is 5.77. The lowest BCUT2D eigenvalue weighted by atomic mass is 9.88. The van der Waals surface area contributed by atoms with Crippen LogP contribution in [0.5, 0.6) is 0 Å². The Morgan fingerprint density at radius 1 is 1.33 bits per heavy atom. The lowest BCUT2D eigenvalue weighted by Crippen LogP contribution is -2.55. The van der Waals surface area contributed by atoms with Crippen LogP contribution in [-0.2, 0) is 4.79 Å². The molecule has 0 aliphatic rings. The van der Waals surface area contributed by atoms with E-state index in [0.29, 0.717) is 12.3 Å². The molecule has 114 valence electrons. The number of benzene rings is 1. The molecular weight excluding hydrogens is 264 g/mol. The molecule has 2 rings (SSSR count). The van der Waals surface area contributed by atoms with Crippen LogP contribution in [0.25, 0.3) is 11.0 Å². The van der Waals surface area contributed by atoms with Gasteiger partial charge in [-0.1, -0.05) is 32.0 Å². The minimum absolute atomic E-state index is 0.0595. The fourth-order valence-electron chi connectivity index (χ4n) is 2.17. The van der Waals surface area contributed by atoms with Gasteiger partial charge in [0.15, 0.2) is 0 Å². The Hall–Kier alpha value is -1.81. The highest BCUT2D eigenvalue weighted by Gasteiger charge is 2.31. The van der Waals surface area contributed by atoms with Crippen molar-refractivity contribution in [1.82, 2.24) is 5.32 Å². The number of hydrogen-bond acceptors (Lipinski definition) is 3. The summed E-state index contributed by atoms with van der Waals surface area (Å²) >= 11 is 0. The molecule has 0 aliphatic heterocycles. The third-order valence-corrected chi connectivity index (χ3v) is 4.37. The second kappa shape index (κ2) is 5.90. The number of nitrogens with one attached hydrogen (secondary N) is 1. The maximum atomic E-state index is 12.5. The number of furan rings is 1. The van der Waals surface area contributed by atoms with Crippen LogP contribution in [0, 0.1) is 5.92 Å². The summed E-state index contributed by atoms with van der Waals surface area (Å²) in [5.74, 6) is 0.531. The smallest absolute Gasteiger partial charge is 0.230 e. The number of fused-ring (bicyclic) bond motifs is 1. The first-order valence-corrected chi connectivity index (χ1v) is 7.38. The van der Waals surface area contributed by atoms with E-state index in [4.69, 9.17) is 10.2 Å². The van der Waals surface area contributed by atoms with Crippen molar-refractivity contribution in [1.29, 1.82) is 0 Å². The summed E-state index contributed by atoms with van der Waals surface area (Å²) in [4.78, 5) is 12.5. The summed E-state index contributed by atoms with van der Waals surface area (Å²) in [6.45, 7) is 8.34. The van der Waals surface area contributed by atoms with E-state index in [1.165, 1.54) is 0 Å². The molecule has 0 aliphatic carbocycles. The number of rotatable bonds is 5. The van der Waals surface area contributed by atoms with Crippen LogP contribution in [0.1, 0.15) is 39.4 Å². The van der Waals surface area contributed by atoms with Gasteiger partial charge in [0.05, 0.1) is 11.5 Å². The Balaban J connectivity index is 2.19.